The lowest BCUT2D eigenvalue weighted by Crippen LogP contribution is -2.66. The SMILES string of the molecule is CCCCCCCCCCCCCC(=O)NC(CCO[C@@H]1O[C@H](CO)[C@@H](O)[C@H](OC(=O)CC(CCCCCCCCCCC)OC(=O)CCCCCCCCCCCCC)[C@H]1NC(=O)CC(CCCCCCCCCCC)OC(=O)CCCCCCCCCCCCC)C(=O)O. The number of aliphatic hydroxyl groups excluding tert-OH is 2. The van der Waals surface area contributed by atoms with Gasteiger partial charge < -0.3 is 49.6 Å². The Kier molecular flexibility index (Phi) is 62.5. The highest BCUT2D eigenvalue weighted by Crippen LogP contribution is 2.28. The highest BCUT2D eigenvalue weighted by atomic mass is 16.7. The van der Waals surface area contributed by atoms with E-state index in [4.69, 9.17) is 23.7 Å². The molecule has 564 valence electrons. The molecule has 8 atom stereocenters. The summed E-state index contributed by atoms with van der Waals surface area (Å²) in [4.78, 5) is 81.8. The van der Waals surface area contributed by atoms with Crippen LogP contribution in [0.2, 0.25) is 0 Å². The molecule has 0 spiro atoms. The van der Waals surface area contributed by atoms with Gasteiger partial charge in [-0.3, -0.25) is 24.0 Å². The third-order valence-corrected chi connectivity index (χ3v) is 19.4. The lowest BCUT2D eigenvalue weighted by Gasteiger charge is -2.44. The van der Waals surface area contributed by atoms with Crippen LogP contribution in [0.4, 0.5) is 0 Å². The van der Waals surface area contributed by atoms with Crippen LogP contribution in [-0.4, -0.2) is 113 Å². The normalized spacial score (nSPS) is 17.2. The summed E-state index contributed by atoms with van der Waals surface area (Å²) in [5.74, 6) is -3.79. The lowest BCUT2D eigenvalue weighted by molar-refractivity contribution is -0.274. The molecule has 5 N–H and O–H groups in total. The first-order valence-corrected chi connectivity index (χ1v) is 40.8. The van der Waals surface area contributed by atoms with Gasteiger partial charge in [-0.15, -0.1) is 0 Å². The first-order chi connectivity index (χ1) is 46.8. The monoisotopic (exact) mass is 1360 g/mol. The minimum Gasteiger partial charge on any atom is -0.480 e. The van der Waals surface area contributed by atoms with Crippen molar-refractivity contribution in [2.24, 2.45) is 0 Å². The maximum atomic E-state index is 14.6. The maximum Gasteiger partial charge on any atom is 0.326 e. The molecule has 96 heavy (non-hydrogen) atoms. The fourth-order valence-electron chi connectivity index (χ4n) is 13.2. The predicted octanol–water partition coefficient (Wildman–Crippen LogP) is 20.0. The van der Waals surface area contributed by atoms with E-state index < -0.39 is 73.3 Å². The fourth-order valence-corrected chi connectivity index (χ4v) is 13.2. The molecule has 3 unspecified atom stereocenters. The van der Waals surface area contributed by atoms with Crippen LogP contribution in [0.25, 0.3) is 0 Å². The van der Waals surface area contributed by atoms with E-state index in [1.807, 2.05) is 0 Å². The fraction of sp³-hybridized carbons (Fsp3) is 0.925. The first kappa shape index (κ1) is 90.7. The van der Waals surface area contributed by atoms with Crippen LogP contribution in [0, 0.1) is 0 Å². The van der Waals surface area contributed by atoms with E-state index in [1.54, 1.807) is 0 Å². The summed E-state index contributed by atoms with van der Waals surface area (Å²) in [5, 5.41) is 38.4. The van der Waals surface area contributed by atoms with Gasteiger partial charge in [0.25, 0.3) is 0 Å². The number of ether oxygens (including phenoxy) is 5. The van der Waals surface area contributed by atoms with Gasteiger partial charge in [0.1, 0.15) is 36.5 Å². The van der Waals surface area contributed by atoms with Crippen molar-refractivity contribution in [3.05, 3.63) is 0 Å². The van der Waals surface area contributed by atoms with Crippen molar-refractivity contribution in [1.29, 1.82) is 0 Å². The van der Waals surface area contributed by atoms with Gasteiger partial charge >= 0.3 is 23.9 Å². The quantitative estimate of drug-likeness (QED) is 0.0217. The number of amides is 2. The molecule has 1 aliphatic rings. The van der Waals surface area contributed by atoms with Crippen molar-refractivity contribution in [3.8, 4) is 0 Å². The molecule has 0 aromatic carbocycles. The van der Waals surface area contributed by atoms with Gasteiger partial charge in [0.2, 0.25) is 11.8 Å². The van der Waals surface area contributed by atoms with E-state index in [0.717, 1.165) is 122 Å². The maximum absolute atomic E-state index is 14.6. The van der Waals surface area contributed by atoms with Gasteiger partial charge in [-0.05, 0) is 44.9 Å². The number of carboxylic acid groups (broad SMARTS) is 1. The zero-order valence-corrected chi connectivity index (χ0v) is 62.6. The van der Waals surface area contributed by atoms with Crippen LogP contribution in [0.3, 0.4) is 0 Å². The second-order valence-corrected chi connectivity index (χ2v) is 28.6. The third kappa shape index (κ3) is 52.6. The highest BCUT2D eigenvalue weighted by molar-refractivity contribution is 5.83. The topological polar surface area (TPSA) is 233 Å². The second-order valence-electron chi connectivity index (χ2n) is 28.6. The number of hydrogen-bond donors (Lipinski definition) is 5. The Balaban J connectivity index is 3.42. The molecule has 0 bridgehead atoms. The number of aliphatic hydroxyl groups is 2. The zero-order chi connectivity index (χ0) is 70.2. The van der Waals surface area contributed by atoms with E-state index in [-0.39, 0.29) is 63.0 Å². The highest BCUT2D eigenvalue weighted by Gasteiger charge is 2.49. The predicted molar refractivity (Wildman–Crippen MR) is 390 cm³/mol. The van der Waals surface area contributed by atoms with E-state index in [0.29, 0.717) is 32.1 Å². The van der Waals surface area contributed by atoms with Crippen LogP contribution >= 0.6 is 0 Å². The van der Waals surface area contributed by atoms with E-state index >= 15 is 0 Å². The molecule has 1 aliphatic heterocycles. The number of carbonyl (C=O) groups excluding carboxylic acids is 5. The van der Waals surface area contributed by atoms with Crippen molar-refractivity contribution in [3.63, 3.8) is 0 Å². The standard InChI is InChI=1S/C80H150N2O14/c1-6-11-16-21-26-31-34-39-44-49-54-59-71(84)81-69(79(90)91)62-63-92-80-76(82-72(85)64-67(57-52-47-42-37-29-24-19-14-9-4)93-73(86)60-55-50-45-40-35-32-27-22-17-12-7-2)78(77(89)70(66-83)95-80)96-75(88)65-68(58-53-48-43-38-30-25-20-15-10-5)94-74(87)61-56-51-46-41-36-33-28-23-18-13-8-3/h67-70,76-78,80,83,89H,6-66H2,1-5H3,(H,81,84)(H,82,85)(H,90,91)/t67?,68?,69?,70-,76-,77-,78-,80-/m1/s1. The smallest absolute Gasteiger partial charge is 0.326 e. The Morgan fingerprint density at radius 1 is 0.396 bits per heavy atom. The molecule has 1 heterocycles. The molecule has 16 heteroatoms. The Morgan fingerprint density at radius 2 is 0.719 bits per heavy atom. The number of esters is 3. The van der Waals surface area contributed by atoms with Crippen molar-refractivity contribution in [2.75, 3.05) is 13.2 Å². The van der Waals surface area contributed by atoms with Gasteiger partial charge in [-0.25, -0.2) is 4.79 Å². The summed E-state index contributed by atoms with van der Waals surface area (Å²) in [5.41, 5.74) is 0. The number of unbranched alkanes of at least 4 members (excludes halogenated alkanes) is 46. The van der Waals surface area contributed by atoms with Crippen molar-refractivity contribution >= 4 is 35.7 Å². The number of carboxylic acids is 1. The van der Waals surface area contributed by atoms with Crippen LogP contribution in [0.1, 0.15) is 413 Å². The van der Waals surface area contributed by atoms with Gasteiger partial charge in [-0.1, -0.05) is 330 Å². The number of nitrogens with one attached hydrogen (secondary N) is 2. The van der Waals surface area contributed by atoms with Crippen LogP contribution in [0.15, 0.2) is 0 Å². The summed E-state index contributed by atoms with van der Waals surface area (Å²) < 4.78 is 30.7. The Morgan fingerprint density at radius 3 is 1.06 bits per heavy atom. The lowest BCUT2D eigenvalue weighted by atomic mass is 9.96. The minimum absolute atomic E-state index is 0.179. The van der Waals surface area contributed by atoms with Crippen molar-refractivity contribution in [1.82, 2.24) is 10.6 Å². The molecule has 0 radical (unpaired) electrons. The second kappa shape index (κ2) is 66.2. The average molecular weight is 1360 g/mol. The molecular weight excluding hydrogens is 1210 g/mol. The summed E-state index contributed by atoms with van der Waals surface area (Å²) in [6.07, 6.45) is 50.1. The van der Waals surface area contributed by atoms with E-state index in [1.165, 1.54) is 186 Å². The largest absolute Gasteiger partial charge is 0.480 e. The zero-order valence-electron chi connectivity index (χ0n) is 62.6. The summed E-state index contributed by atoms with van der Waals surface area (Å²) in [6.45, 7) is 10.1. The van der Waals surface area contributed by atoms with E-state index in [9.17, 15) is 44.1 Å². The number of carbonyl (C=O) groups is 6. The molecule has 1 fully saturated rings. The summed E-state index contributed by atoms with van der Waals surface area (Å²) in [7, 11) is 0. The Hall–Kier alpha value is -3.34. The van der Waals surface area contributed by atoms with Crippen LogP contribution in [-0.2, 0) is 52.5 Å². The van der Waals surface area contributed by atoms with Crippen LogP contribution in [0.5, 0.6) is 0 Å². The molecule has 0 aromatic rings. The summed E-state index contributed by atoms with van der Waals surface area (Å²) in [6, 6.07) is -2.73. The van der Waals surface area contributed by atoms with Gasteiger partial charge in [-0.2, -0.15) is 0 Å². The first-order valence-electron chi connectivity index (χ1n) is 40.8. The van der Waals surface area contributed by atoms with Crippen molar-refractivity contribution in [2.45, 2.75) is 462 Å². The minimum atomic E-state index is -1.67. The van der Waals surface area contributed by atoms with Gasteiger partial charge in [0.05, 0.1) is 26.1 Å². The van der Waals surface area contributed by atoms with Gasteiger partial charge in [0.15, 0.2) is 12.4 Å². The summed E-state index contributed by atoms with van der Waals surface area (Å²) >= 11 is 0. The van der Waals surface area contributed by atoms with Gasteiger partial charge in [0, 0.05) is 25.7 Å². The number of rotatable bonds is 71. The van der Waals surface area contributed by atoms with E-state index in [2.05, 4.69) is 45.3 Å². The molecule has 2 amide bonds. The van der Waals surface area contributed by atoms with Crippen LogP contribution < -0.4 is 10.6 Å². The molecule has 1 rings (SSSR count). The number of hydrogen-bond acceptors (Lipinski definition) is 13. The average Bonchev–Trinajstić information content (AvgIpc) is 0.798. The number of aliphatic carboxylic acids is 1. The molecule has 0 saturated carbocycles. The molecule has 1 saturated heterocycles. The Bertz CT molecular complexity index is 1840. The molecule has 0 aliphatic carbocycles. The molecule has 16 nitrogen and oxygen atoms in total. The van der Waals surface area contributed by atoms with Crippen molar-refractivity contribution < 1.29 is 67.8 Å². The Labute approximate surface area is 587 Å². The third-order valence-electron chi connectivity index (χ3n) is 19.4. The molecular formula is C80H150N2O14. The molecule has 0 aromatic heterocycles.